The summed E-state index contributed by atoms with van der Waals surface area (Å²) in [5.41, 5.74) is 2.27. The fraction of sp³-hybridized carbons (Fsp3) is 0.118. The largest absolute Gasteiger partial charge is 0.497 e. The van der Waals surface area contributed by atoms with Gasteiger partial charge in [-0.25, -0.2) is 4.98 Å². The minimum atomic E-state index is -0.482. The first-order valence-corrected chi connectivity index (χ1v) is 7.42. The Bertz CT molecular complexity index is 941. The van der Waals surface area contributed by atoms with Gasteiger partial charge in [-0.3, -0.25) is 9.59 Å². The summed E-state index contributed by atoms with van der Waals surface area (Å²) in [6.45, 7) is 1.43. The maximum absolute atomic E-state index is 12.3. The monoisotopic (exact) mass is 337 g/mol. The third kappa shape index (κ3) is 3.86. The average Bonchev–Trinajstić information content (AvgIpc) is 2.62. The predicted molar refractivity (Wildman–Crippen MR) is 92.6 cm³/mol. The van der Waals surface area contributed by atoms with Crippen molar-refractivity contribution < 1.29 is 14.3 Å². The number of nitrogens with one attached hydrogen (secondary N) is 2. The molecule has 2 aromatic carbocycles. The number of hydrogen-bond acceptors (Lipinski definition) is 6. The second-order valence-corrected chi connectivity index (χ2v) is 5.20. The Hall–Kier alpha value is -3.55. The van der Waals surface area contributed by atoms with E-state index in [-0.39, 0.29) is 11.7 Å². The lowest BCUT2D eigenvalue weighted by Crippen LogP contribution is -2.16. The van der Waals surface area contributed by atoms with E-state index in [0.29, 0.717) is 28.2 Å². The van der Waals surface area contributed by atoms with Crippen molar-refractivity contribution in [1.82, 2.24) is 15.2 Å². The molecular formula is C17H15N5O3. The molecule has 1 aromatic heterocycles. The van der Waals surface area contributed by atoms with Crippen LogP contribution in [0.4, 0.5) is 11.4 Å². The summed E-state index contributed by atoms with van der Waals surface area (Å²) in [4.78, 5) is 27.5. The number of anilines is 2. The first-order valence-electron chi connectivity index (χ1n) is 7.42. The van der Waals surface area contributed by atoms with Gasteiger partial charge in [-0.05, 0) is 36.4 Å². The molecule has 0 atom stereocenters. The Morgan fingerprint density at radius 3 is 2.24 bits per heavy atom. The van der Waals surface area contributed by atoms with Gasteiger partial charge in [-0.2, -0.15) is 0 Å². The van der Waals surface area contributed by atoms with Gasteiger partial charge in [0.1, 0.15) is 11.3 Å². The summed E-state index contributed by atoms with van der Waals surface area (Å²) in [6.07, 6.45) is 0. The van der Waals surface area contributed by atoms with Crippen LogP contribution in [0.5, 0.6) is 5.75 Å². The van der Waals surface area contributed by atoms with E-state index in [4.69, 9.17) is 4.74 Å². The van der Waals surface area contributed by atoms with E-state index in [1.54, 1.807) is 49.6 Å². The van der Waals surface area contributed by atoms with Gasteiger partial charge < -0.3 is 15.4 Å². The van der Waals surface area contributed by atoms with E-state index in [9.17, 15) is 9.59 Å². The summed E-state index contributed by atoms with van der Waals surface area (Å²) in [5, 5.41) is 13.2. The molecule has 0 aliphatic carbocycles. The van der Waals surface area contributed by atoms with Crippen molar-refractivity contribution in [2.24, 2.45) is 0 Å². The third-order valence-electron chi connectivity index (χ3n) is 3.33. The zero-order valence-electron chi connectivity index (χ0n) is 13.6. The van der Waals surface area contributed by atoms with Crippen LogP contribution in [0.25, 0.3) is 11.0 Å². The van der Waals surface area contributed by atoms with Crippen LogP contribution in [0.3, 0.4) is 0 Å². The molecule has 2 amide bonds. The Labute approximate surface area is 143 Å². The Kier molecular flexibility index (Phi) is 4.51. The maximum atomic E-state index is 12.3. The second-order valence-electron chi connectivity index (χ2n) is 5.20. The normalized spacial score (nSPS) is 10.3. The second kappa shape index (κ2) is 6.91. The van der Waals surface area contributed by atoms with Gasteiger partial charge >= 0.3 is 0 Å². The van der Waals surface area contributed by atoms with Gasteiger partial charge in [0.2, 0.25) is 11.7 Å². The highest BCUT2D eigenvalue weighted by molar-refractivity contribution is 6.02. The molecule has 0 bridgehead atoms. The zero-order chi connectivity index (χ0) is 17.8. The summed E-state index contributed by atoms with van der Waals surface area (Å²) >= 11 is 0. The Balaban J connectivity index is 1.78. The number of nitrogens with zero attached hydrogens (tertiary/aromatic N) is 3. The summed E-state index contributed by atoms with van der Waals surface area (Å²) in [6, 6.07) is 11.8. The van der Waals surface area contributed by atoms with E-state index >= 15 is 0 Å². The average molecular weight is 337 g/mol. The number of ether oxygens (including phenoxy) is 1. The van der Waals surface area contributed by atoms with Crippen LogP contribution in [-0.2, 0) is 4.79 Å². The molecular weight excluding hydrogens is 322 g/mol. The molecule has 0 aliphatic heterocycles. The van der Waals surface area contributed by atoms with Crippen LogP contribution in [0.1, 0.15) is 17.5 Å². The molecule has 2 N–H and O–H groups in total. The smallest absolute Gasteiger partial charge is 0.295 e. The lowest BCUT2D eigenvalue weighted by atomic mass is 10.2. The van der Waals surface area contributed by atoms with Gasteiger partial charge in [0.05, 0.1) is 12.6 Å². The first-order chi connectivity index (χ1) is 12.0. The molecule has 0 radical (unpaired) electrons. The van der Waals surface area contributed by atoms with E-state index in [0.717, 1.165) is 0 Å². The Morgan fingerprint density at radius 2 is 1.60 bits per heavy atom. The molecule has 3 aromatic rings. The van der Waals surface area contributed by atoms with Gasteiger partial charge in [0, 0.05) is 24.4 Å². The lowest BCUT2D eigenvalue weighted by molar-refractivity contribution is -0.114. The van der Waals surface area contributed by atoms with Crippen LogP contribution >= 0.6 is 0 Å². The number of aromatic nitrogens is 3. The molecule has 8 heteroatoms. The van der Waals surface area contributed by atoms with Crippen molar-refractivity contribution in [3.63, 3.8) is 0 Å². The van der Waals surface area contributed by atoms with Crippen molar-refractivity contribution in [2.45, 2.75) is 6.92 Å². The van der Waals surface area contributed by atoms with Crippen LogP contribution in [0.15, 0.2) is 42.5 Å². The van der Waals surface area contributed by atoms with Crippen LogP contribution in [0.2, 0.25) is 0 Å². The summed E-state index contributed by atoms with van der Waals surface area (Å²) < 4.78 is 5.14. The molecule has 0 saturated heterocycles. The molecule has 126 valence electrons. The highest BCUT2D eigenvalue weighted by Gasteiger charge is 2.12. The fourth-order valence-electron chi connectivity index (χ4n) is 2.17. The minimum Gasteiger partial charge on any atom is -0.497 e. The van der Waals surface area contributed by atoms with Gasteiger partial charge in [-0.15, -0.1) is 10.2 Å². The number of amides is 2. The Morgan fingerprint density at radius 1 is 0.920 bits per heavy atom. The molecule has 0 spiro atoms. The van der Waals surface area contributed by atoms with E-state index < -0.39 is 5.91 Å². The SMILES string of the molecule is COc1ccc2nnc(C(=O)Nc3ccc(NC(C)=O)cc3)nc2c1. The molecule has 25 heavy (non-hydrogen) atoms. The topological polar surface area (TPSA) is 106 Å². The standard InChI is InChI=1S/C17H15N5O3/c1-10(23)18-11-3-5-12(6-4-11)19-17(24)16-20-15-9-13(25-2)7-8-14(15)21-22-16/h3-9H,1-2H3,(H,18,23)(H,19,24). The predicted octanol–water partition coefficient (Wildman–Crippen LogP) is 2.24. The highest BCUT2D eigenvalue weighted by Crippen LogP contribution is 2.17. The number of carbonyl (C=O) groups is 2. The number of rotatable bonds is 4. The number of benzene rings is 2. The van der Waals surface area contributed by atoms with Crippen molar-refractivity contribution in [3.05, 3.63) is 48.3 Å². The number of carbonyl (C=O) groups excluding carboxylic acids is 2. The van der Waals surface area contributed by atoms with Gasteiger partial charge in [0.25, 0.3) is 5.91 Å². The van der Waals surface area contributed by atoms with Crippen molar-refractivity contribution in [3.8, 4) is 5.75 Å². The first kappa shape index (κ1) is 16.3. The van der Waals surface area contributed by atoms with Crippen molar-refractivity contribution in [1.29, 1.82) is 0 Å². The highest BCUT2D eigenvalue weighted by atomic mass is 16.5. The number of fused-ring (bicyclic) bond motifs is 1. The number of hydrogen-bond donors (Lipinski definition) is 2. The molecule has 0 saturated carbocycles. The van der Waals surface area contributed by atoms with Crippen molar-refractivity contribution >= 4 is 34.2 Å². The maximum Gasteiger partial charge on any atom is 0.295 e. The zero-order valence-corrected chi connectivity index (χ0v) is 13.6. The molecule has 3 rings (SSSR count). The molecule has 0 aliphatic rings. The van der Waals surface area contributed by atoms with E-state index in [2.05, 4.69) is 25.8 Å². The quantitative estimate of drug-likeness (QED) is 0.756. The summed E-state index contributed by atoms with van der Waals surface area (Å²) in [7, 11) is 1.55. The van der Waals surface area contributed by atoms with Gasteiger partial charge in [0.15, 0.2) is 0 Å². The molecule has 1 heterocycles. The minimum absolute atomic E-state index is 0.0494. The van der Waals surface area contributed by atoms with Crippen LogP contribution in [-0.4, -0.2) is 34.1 Å². The van der Waals surface area contributed by atoms with Crippen LogP contribution < -0.4 is 15.4 Å². The summed E-state index contributed by atoms with van der Waals surface area (Å²) in [5.74, 6) is -0.0769. The van der Waals surface area contributed by atoms with Crippen molar-refractivity contribution in [2.75, 3.05) is 17.7 Å². The van der Waals surface area contributed by atoms with E-state index in [1.165, 1.54) is 6.92 Å². The van der Waals surface area contributed by atoms with E-state index in [1.807, 2.05) is 0 Å². The molecule has 0 unspecified atom stereocenters. The van der Waals surface area contributed by atoms with Gasteiger partial charge in [-0.1, -0.05) is 0 Å². The van der Waals surface area contributed by atoms with Crippen LogP contribution in [0, 0.1) is 0 Å². The fourth-order valence-corrected chi connectivity index (χ4v) is 2.17. The molecule has 0 fully saturated rings. The third-order valence-corrected chi connectivity index (χ3v) is 3.33. The lowest BCUT2D eigenvalue weighted by Gasteiger charge is -2.06. The molecule has 8 nitrogen and oxygen atoms in total. The number of methoxy groups -OCH3 is 1.